The third kappa shape index (κ3) is 1.73. The summed E-state index contributed by atoms with van der Waals surface area (Å²) in [6, 6.07) is 14.3. The van der Waals surface area contributed by atoms with Gasteiger partial charge in [-0.15, -0.1) is 0 Å². The van der Waals surface area contributed by atoms with Gasteiger partial charge < -0.3 is 0 Å². The summed E-state index contributed by atoms with van der Waals surface area (Å²) in [6.45, 7) is 4.25. The van der Waals surface area contributed by atoms with E-state index in [1.165, 1.54) is 16.6 Å². The van der Waals surface area contributed by atoms with Gasteiger partial charge in [-0.2, -0.15) is 0 Å². The summed E-state index contributed by atoms with van der Waals surface area (Å²) in [5.41, 5.74) is 3.65. The standard InChI is InChI=1S/C18H17N4/c1-12-13(2)17(22-11-7-6-9-15(12)22)20-18-19-14-8-4-5-10-16(14)21(18)3/h4-11H,1-3H3/q+1. The molecule has 108 valence electrons. The maximum absolute atomic E-state index is 4.84. The molecule has 2 aromatic heterocycles. The highest BCUT2D eigenvalue weighted by molar-refractivity contribution is 5.86. The van der Waals surface area contributed by atoms with Crippen molar-refractivity contribution in [2.24, 2.45) is 9.98 Å². The molecule has 0 radical (unpaired) electrons. The lowest BCUT2D eigenvalue weighted by Gasteiger charge is -1.95. The van der Waals surface area contributed by atoms with Crippen LogP contribution in [0, 0.1) is 13.8 Å². The van der Waals surface area contributed by atoms with Gasteiger partial charge >= 0.3 is 5.96 Å². The maximum Gasteiger partial charge on any atom is 0.435 e. The molecule has 3 heterocycles. The Morgan fingerprint density at radius 1 is 1.00 bits per heavy atom. The molecular formula is C18H17N4+. The molecule has 0 amide bonds. The highest BCUT2D eigenvalue weighted by atomic mass is 15.2. The van der Waals surface area contributed by atoms with Crippen molar-refractivity contribution in [3.05, 3.63) is 70.5 Å². The highest BCUT2D eigenvalue weighted by Gasteiger charge is 2.22. The van der Waals surface area contributed by atoms with Gasteiger partial charge in [0, 0.05) is 11.8 Å². The van der Waals surface area contributed by atoms with Gasteiger partial charge in [-0.3, -0.25) is 4.40 Å². The molecule has 0 saturated carbocycles. The van der Waals surface area contributed by atoms with E-state index in [9.17, 15) is 0 Å². The monoisotopic (exact) mass is 289 g/mol. The van der Waals surface area contributed by atoms with Crippen LogP contribution >= 0.6 is 0 Å². The minimum atomic E-state index is 0.729. The van der Waals surface area contributed by atoms with E-state index in [1.807, 2.05) is 35.9 Å². The number of benzene rings is 1. The lowest BCUT2D eigenvalue weighted by Crippen LogP contribution is -2.32. The second kappa shape index (κ2) is 4.63. The van der Waals surface area contributed by atoms with E-state index in [0.717, 1.165) is 22.5 Å². The van der Waals surface area contributed by atoms with Gasteiger partial charge in [0.05, 0.1) is 12.6 Å². The van der Waals surface area contributed by atoms with Crippen molar-refractivity contribution < 1.29 is 0 Å². The fourth-order valence-corrected chi connectivity index (χ4v) is 2.94. The minimum Gasteiger partial charge on any atom is -0.288 e. The van der Waals surface area contributed by atoms with E-state index >= 15 is 0 Å². The zero-order valence-electron chi connectivity index (χ0n) is 12.9. The summed E-state index contributed by atoms with van der Waals surface area (Å²) >= 11 is 0. The lowest BCUT2D eigenvalue weighted by atomic mass is 10.2. The van der Waals surface area contributed by atoms with Crippen LogP contribution in [0.5, 0.6) is 0 Å². The molecule has 4 rings (SSSR count). The normalized spacial score (nSPS) is 15.4. The molecule has 0 unspecified atom stereocenters. The Kier molecular flexibility index (Phi) is 2.73. The molecule has 0 saturated heterocycles. The van der Waals surface area contributed by atoms with Gasteiger partial charge in [0.2, 0.25) is 5.82 Å². The smallest absolute Gasteiger partial charge is 0.288 e. The molecule has 3 aromatic rings. The number of hydrogen-bond donors (Lipinski definition) is 0. The van der Waals surface area contributed by atoms with Crippen molar-refractivity contribution in [2.45, 2.75) is 13.8 Å². The number of aryl methyl sites for hydroxylation is 1. The zero-order valence-corrected chi connectivity index (χ0v) is 12.9. The summed E-state index contributed by atoms with van der Waals surface area (Å²) in [7, 11) is 2.01. The van der Waals surface area contributed by atoms with Crippen LogP contribution in [0.3, 0.4) is 0 Å². The topological polar surface area (TPSA) is 32.1 Å². The number of guanidine groups is 1. The molecule has 0 fully saturated rings. The van der Waals surface area contributed by atoms with Crippen LogP contribution < -0.4 is 15.3 Å². The highest BCUT2D eigenvalue weighted by Crippen LogP contribution is 2.28. The Hall–Kier alpha value is -2.75. The number of fused-ring (bicyclic) bond motifs is 2. The molecule has 1 aliphatic rings. The van der Waals surface area contributed by atoms with Crippen LogP contribution in [0.1, 0.15) is 11.1 Å². The molecule has 1 aliphatic heterocycles. The molecule has 0 aliphatic carbocycles. The van der Waals surface area contributed by atoms with Crippen LogP contribution in [-0.4, -0.2) is 17.4 Å². The predicted octanol–water partition coefficient (Wildman–Crippen LogP) is 2.00. The van der Waals surface area contributed by atoms with Crippen molar-refractivity contribution in [2.75, 3.05) is 7.05 Å². The first-order valence-corrected chi connectivity index (χ1v) is 7.36. The van der Waals surface area contributed by atoms with E-state index in [2.05, 4.69) is 47.6 Å². The van der Waals surface area contributed by atoms with E-state index < -0.39 is 0 Å². The second-order valence-corrected chi connectivity index (χ2v) is 5.60. The van der Waals surface area contributed by atoms with E-state index in [0.29, 0.717) is 0 Å². The van der Waals surface area contributed by atoms with Gasteiger partial charge in [0.15, 0.2) is 5.36 Å². The van der Waals surface area contributed by atoms with Crippen molar-refractivity contribution in [1.29, 1.82) is 0 Å². The molecule has 0 atom stereocenters. The molecule has 0 spiro atoms. The maximum atomic E-state index is 4.84. The van der Waals surface area contributed by atoms with Crippen molar-refractivity contribution in [1.82, 2.24) is 8.98 Å². The summed E-state index contributed by atoms with van der Waals surface area (Å²) < 4.78 is 4.16. The van der Waals surface area contributed by atoms with E-state index in [-0.39, 0.29) is 0 Å². The second-order valence-electron chi connectivity index (χ2n) is 5.60. The predicted molar refractivity (Wildman–Crippen MR) is 88.4 cm³/mol. The SMILES string of the molecule is Cc1c(C)c2ccccn2c1/N=C1\N=c2ccccc2=[N+]1C. The zero-order chi connectivity index (χ0) is 15.3. The summed E-state index contributed by atoms with van der Waals surface area (Å²) in [5, 5.41) is 2.07. The Balaban J connectivity index is 2.00. The third-order valence-electron chi connectivity index (χ3n) is 4.34. The summed E-state index contributed by atoms with van der Waals surface area (Å²) in [6.07, 6.45) is 2.05. The molecule has 22 heavy (non-hydrogen) atoms. The number of aromatic nitrogens is 1. The fraction of sp³-hybridized carbons (Fsp3) is 0.167. The van der Waals surface area contributed by atoms with Gasteiger partial charge in [-0.05, 0) is 48.7 Å². The van der Waals surface area contributed by atoms with Crippen LogP contribution in [-0.2, 0) is 0 Å². The van der Waals surface area contributed by atoms with Crippen LogP contribution in [0.2, 0.25) is 0 Å². The van der Waals surface area contributed by atoms with E-state index in [4.69, 9.17) is 4.99 Å². The Morgan fingerprint density at radius 2 is 1.77 bits per heavy atom. The summed E-state index contributed by atoms with van der Waals surface area (Å²) in [4.78, 5) is 9.49. The average Bonchev–Trinajstić information content (AvgIpc) is 2.99. The largest absolute Gasteiger partial charge is 0.435 e. The lowest BCUT2D eigenvalue weighted by molar-refractivity contribution is 0.945. The van der Waals surface area contributed by atoms with Crippen LogP contribution in [0.25, 0.3) is 5.52 Å². The van der Waals surface area contributed by atoms with Gasteiger partial charge in [0.1, 0.15) is 5.36 Å². The van der Waals surface area contributed by atoms with Gasteiger partial charge in [0.25, 0.3) is 0 Å². The molecule has 4 nitrogen and oxygen atoms in total. The number of hydrogen-bond acceptors (Lipinski definition) is 1. The number of nitrogens with zero attached hydrogens (tertiary/aromatic N) is 4. The van der Waals surface area contributed by atoms with Gasteiger partial charge in [-0.1, -0.05) is 23.2 Å². The number of para-hydroxylation sites is 2. The van der Waals surface area contributed by atoms with Crippen LogP contribution in [0.15, 0.2) is 58.6 Å². The average molecular weight is 289 g/mol. The minimum absolute atomic E-state index is 0.729. The first kappa shape index (κ1) is 13.0. The molecular weight excluding hydrogens is 272 g/mol. The fourth-order valence-electron chi connectivity index (χ4n) is 2.94. The molecule has 1 aromatic carbocycles. The quantitative estimate of drug-likeness (QED) is 0.614. The van der Waals surface area contributed by atoms with Crippen LogP contribution in [0.4, 0.5) is 5.82 Å². The number of pyridine rings is 1. The number of aliphatic imine (C=N–C) groups is 1. The van der Waals surface area contributed by atoms with Gasteiger partial charge in [-0.25, -0.2) is 4.58 Å². The molecule has 0 bridgehead atoms. The Labute approximate surface area is 128 Å². The summed E-state index contributed by atoms with van der Waals surface area (Å²) in [5.74, 6) is 1.68. The number of rotatable bonds is 1. The molecule has 0 N–H and O–H groups in total. The van der Waals surface area contributed by atoms with Crippen molar-refractivity contribution in [3.8, 4) is 0 Å². The Bertz CT molecular complexity index is 1050. The first-order valence-electron chi connectivity index (χ1n) is 7.36. The van der Waals surface area contributed by atoms with Crippen molar-refractivity contribution >= 4 is 17.3 Å². The third-order valence-corrected chi connectivity index (χ3v) is 4.34. The molecule has 4 heteroatoms. The van der Waals surface area contributed by atoms with Crippen molar-refractivity contribution in [3.63, 3.8) is 0 Å². The van der Waals surface area contributed by atoms with E-state index in [1.54, 1.807) is 0 Å². The first-order chi connectivity index (χ1) is 10.7. The Morgan fingerprint density at radius 3 is 2.59 bits per heavy atom.